The number of nitrogens with one attached hydrogen (secondary N) is 1. The van der Waals surface area contributed by atoms with Crippen LogP contribution in [0.2, 0.25) is 0 Å². The SMILES string of the molecule is CCOC(=O)c1ncsc1NCCCS(N)(=O)=O. The van der Waals surface area contributed by atoms with Crippen LogP contribution in [0.1, 0.15) is 23.8 Å². The summed E-state index contributed by atoms with van der Waals surface area (Å²) in [6.45, 7) is 2.38. The normalized spacial score (nSPS) is 11.2. The van der Waals surface area contributed by atoms with Crippen LogP contribution in [0.25, 0.3) is 0 Å². The number of esters is 1. The fourth-order valence-corrected chi connectivity index (χ4v) is 2.44. The molecule has 1 aromatic rings. The second-order valence-electron chi connectivity index (χ2n) is 3.40. The average Bonchev–Trinajstić information content (AvgIpc) is 2.71. The van der Waals surface area contributed by atoms with Gasteiger partial charge in [0.05, 0.1) is 17.9 Å². The van der Waals surface area contributed by atoms with E-state index in [4.69, 9.17) is 9.88 Å². The fraction of sp³-hybridized carbons (Fsp3) is 0.556. The molecule has 0 aliphatic carbocycles. The highest BCUT2D eigenvalue weighted by Crippen LogP contribution is 2.20. The first-order valence-corrected chi connectivity index (χ1v) is 7.88. The molecule has 0 unspecified atom stereocenters. The van der Waals surface area contributed by atoms with E-state index in [1.165, 1.54) is 16.8 Å². The third-order valence-electron chi connectivity index (χ3n) is 1.93. The Labute approximate surface area is 109 Å². The minimum absolute atomic E-state index is 0.104. The van der Waals surface area contributed by atoms with Gasteiger partial charge in [0.15, 0.2) is 5.69 Å². The minimum atomic E-state index is -3.44. The number of sulfonamides is 1. The van der Waals surface area contributed by atoms with E-state index in [1.807, 2.05) is 0 Å². The summed E-state index contributed by atoms with van der Waals surface area (Å²) in [5, 5.41) is 8.39. The van der Waals surface area contributed by atoms with Crippen LogP contribution < -0.4 is 10.5 Å². The predicted molar refractivity (Wildman–Crippen MR) is 69.2 cm³/mol. The summed E-state index contributed by atoms with van der Waals surface area (Å²) < 4.78 is 26.3. The summed E-state index contributed by atoms with van der Waals surface area (Å²) in [6, 6.07) is 0. The number of nitrogens with zero attached hydrogens (tertiary/aromatic N) is 1. The second-order valence-corrected chi connectivity index (χ2v) is 5.99. The quantitative estimate of drug-likeness (QED) is 0.556. The standard InChI is InChI=1S/C9H15N3O4S2/c1-2-16-9(13)7-8(17-6-12-7)11-4-3-5-18(10,14)15/h6,11H,2-5H2,1H3,(H2,10,14,15). The molecule has 1 aromatic heterocycles. The molecule has 1 rings (SSSR count). The van der Waals surface area contributed by atoms with Crippen LogP contribution in [-0.2, 0) is 14.8 Å². The van der Waals surface area contributed by atoms with Crippen molar-refractivity contribution < 1.29 is 17.9 Å². The first-order valence-electron chi connectivity index (χ1n) is 5.29. The van der Waals surface area contributed by atoms with E-state index in [0.717, 1.165) is 0 Å². The molecule has 0 bridgehead atoms. The number of primary sulfonamides is 1. The third-order valence-corrected chi connectivity index (χ3v) is 3.57. The number of carbonyl (C=O) groups is 1. The number of rotatable bonds is 7. The van der Waals surface area contributed by atoms with Crippen LogP contribution in [0, 0.1) is 0 Å². The smallest absolute Gasteiger partial charge is 0.360 e. The maximum Gasteiger partial charge on any atom is 0.360 e. The van der Waals surface area contributed by atoms with Crippen molar-refractivity contribution in [3.05, 3.63) is 11.2 Å². The molecule has 0 fully saturated rings. The van der Waals surface area contributed by atoms with Gasteiger partial charge < -0.3 is 10.1 Å². The highest BCUT2D eigenvalue weighted by atomic mass is 32.2. The molecule has 9 heteroatoms. The van der Waals surface area contributed by atoms with Crippen LogP contribution in [0.3, 0.4) is 0 Å². The van der Waals surface area contributed by atoms with Crippen LogP contribution in [0.5, 0.6) is 0 Å². The zero-order valence-corrected chi connectivity index (χ0v) is 11.5. The summed E-state index contributed by atoms with van der Waals surface area (Å²) in [5.41, 5.74) is 1.74. The Balaban J connectivity index is 2.48. The molecular weight excluding hydrogens is 278 g/mol. The van der Waals surface area contributed by atoms with Gasteiger partial charge in [-0.05, 0) is 13.3 Å². The predicted octanol–water partition coefficient (Wildman–Crippen LogP) is 0.410. The fourth-order valence-electron chi connectivity index (χ4n) is 1.19. The molecule has 7 nitrogen and oxygen atoms in total. The lowest BCUT2D eigenvalue weighted by molar-refractivity contribution is 0.0521. The van der Waals surface area contributed by atoms with Gasteiger partial charge in [-0.2, -0.15) is 0 Å². The van der Waals surface area contributed by atoms with Crippen molar-refractivity contribution in [3.63, 3.8) is 0 Å². The molecule has 3 N–H and O–H groups in total. The molecule has 18 heavy (non-hydrogen) atoms. The van der Waals surface area contributed by atoms with E-state index in [-0.39, 0.29) is 18.1 Å². The zero-order chi connectivity index (χ0) is 13.6. The first-order chi connectivity index (χ1) is 8.44. The molecular formula is C9H15N3O4S2. The highest BCUT2D eigenvalue weighted by Gasteiger charge is 2.15. The van der Waals surface area contributed by atoms with Gasteiger partial charge in [-0.15, -0.1) is 11.3 Å². The number of nitrogens with two attached hydrogens (primary N) is 1. The Morgan fingerprint density at radius 1 is 1.61 bits per heavy atom. The van der Waals surface area contributed by atoms with Crippen molar-refractivity contribution in [2.24, 2.45) is 5.14 Å². The van der Waals surface area contributed by atoms with Gasteiger partial charge in [-0.3, -0.25) is 0 Å². The van der Waals surface area contributed by atoms with E-state index >= 15 is 0 Å². The van der Waals surface area contributed by atoms with Crippen molar-refractivity contribution in [2.45, 2.75) is 13.3 Å². The Bertz CT molecular complexity index is 498. The lowest BCUT2D eigenvalue weighted by atomic mass is 10.4. The van der Waals surface area contributed by atoms with Gasteiger partial charge in [0.2, 0.25) is 10.0 Å². The molecule has 0 aliphatic rings. The summed E-state index contributed by atoms with van der Waals surface area (Å²) in [5.74, 6) is -0.597. The largest absolute Gasteiger partial charge is 0.461 e. The van der Waals surface area contributed by atoms with Crippen molar-refractivity contribution in [3.8, 4) is 0 Å². The van der Waals surface area contributed by atoms with Crippen molar-refractivity contribution in [2.75, 3.05) is 24.2 Å². The molecule has 1 heterocycles. The van der Waals surface area contributed by atoms with E-state index in [9.17, 15) is 13.2 Å². The van der Waals surface area contributed by atoms with Crippen LogP contribution in [0.4, 0.5) is 5.00 Å². The first kappa shape index (κ1) is 14.9. The average molecular weight is 293 g/mol. The van der Waals surface area contributed by atoms with E-state index < -0.39 is 16.0 Å². The van der Waals surface area contributed by atoms with Crippen LogP contribution in [0.15, 0.2) is 5.51 Å². The number of anilines is 1. The van der Waals surface area contributed by atoms with Gasteiger partial charge >= 0.3 is 5.97 Å². The summed E-state index contributed by atoms with van der Waals surface area (Å²) in [6.07, 6.45) is 0.360. The monoisotopic (exact) mass is 293 g/mol. The maximum absolute atomic E-state index is 11.5. The second kappa shape index (κ2) is 6.66. The number of hydrogen-bond donors (Lipinski definition) is 2. The number of ether oxygens (including phenoxy) is 1. The van der Waals surface area contributed by atoms with Crippen molar-refractivity contribution in [1.29, 1.82) is 0 Å². The number of thiazole rings is 1. The topological polar surface area (TPSA) is 111 Å². The minimum Gasteiger partial charge on any atom is -0.461 e. The summed E-state index contributed by atoms with van der Waals surface area (Å²) in [7, 11) is -3.44. The lowest BCUT2D eigenvalue weighted by Gasteiger charge is -2.05. The molecule has 0 amide bonds. The Kier molecular flexibility index (Phi) is 5.51. The van der Waals surface area contributed by atoms with Gasteiger partial charge in [-0.1, -0.05) is 0 Å². The lowest BCUT2D eigenvalue weighted by Crippen LogP contribution is -2.19. The summed E-state index contributed by atoms with van der Waals surface area (Å²) >= 11 is 1.26. The van der Waals surface area contributed by atoms with Gasteiger partial charge in [0, 0.05) is 6.54 Å². The Hall–Kier alpha value is -1.19. The zero-order valence-electron chi connectivity index (χ0n) is 9.88. The van der Waals surface area contributed by atoms with Crippen molar-refractivity contribution >= 4 is 32.3 Å². The van der Waals surface area contributed by atoms with Gasteiger partial charge in [0.25, 0.3) is 0 Å². The number of aromatic nitrogens is 1. The molecule has 0 aliphatic heterocycles. The molecule has 0 atom stereocenters. The number of carbonyl (C=O) groups excluding carboxylic acids is 1. The molecule has 0 saturated carbocycles. The van der Waals surface area contributed by atoms with Gasteiger partial charge in [-0.25, -0.2) is 23.3 Å². The molecule has 102 valence electrons. The molecule has 0 spiro atoms. The Morgan fingerprint density at radius 3 is 2.94 bits per heavy atom. The van der Waals surface area contributed by atoms with E-state index in [2.05, 4.69) is 10.3 Å². The van der Waals surface area contributed by atoms with Crippen LogP contribution >= 0.6 is 11.3 Å². The van der Waals surface area contributed by atoms with E-state index in [0.29, 0.717) is 18.0 Å². The van der Waals surface area contributed by atoms with Gasteiger partial charge in [0.1, 0.15) is 5.00 Å². The van der Waals surface area contributed by atoms with Crippen LogP contribution in [-0.4, -0.2) is 38.3 Å². The molecule has 0 aromatic carbocycles. The molecule has 0 saturated heterocycles. The summed E-state index contributed by atoms with van der Waals surface area (Å²) in [4.78, 5) is 15.4. The Morgan fingerprint density at radius 2 is 2.33 bits per heavy atom. The highest BCUT2D eigenvalue weighted by molar-refractivity contribution is 7.89. The van der Waals surface area contributed by atoms with E-state index in [1.54, 1.807) is 6.92 Å². The van der Waals surface area contributed by atoms with Crippen molar-refractivity contribution in [1.82, 2.24) is 4.98 Å². The molecule has 0 radical (unpaired) electrons. The number of hydrogen-bond acceptors (Lipinski definition) is 7. The third kappa shape index (κ3) is 4.98. The maximum atomic E-state index is 11.5.